The average molecular weight is 609 g/mol. The second-order valence-electron chi connectivity index (χ2n) is 12.7. The Morgan fingerprint density at radius 1 is 1.07 bits per heavy atom. The first-order chi connectivity index (χ1) is 21.2. The molecule has 44 heavy (non-hydrogen) atoms. The summed E-state index contributed by atoms with van der Waals surface area (Å²) in [5, 5.41) is 23.8. The Morgan fingerprint density at radius 3 is 2.52 bits per heavy atom. The monoisotopic (exact) mass is 608 g/mol. The van der Waals surface area contributed by atoms with Crippen LogP contribution in [0.2, 0.25) is 0 Å². The van der Waals surface area contributed by atoms with Gasteiger partial charge in [-0.3, -0.25) is 14.3 Å². The number of aliphatic hydroxyl groups is 1. The molecule has 2 aromatic heterocycles. The predicted molar refractivity (Wildman–Crippen MR) is 161 cm³/mol. The third kappa shape index (κ3) is 5.47. The number of fused-ring (bicyclic) bond motifs is 9. The van der Waals surface area contributed by atoms with Gasteiger partial charge >= 0.3 is 0 Å². The highest BCUT2D eigenvalue weighted by Crippen LogP contribution is 2.47. The number of anilines is 1. The number of hydrogen-bond acceptors (Lipinski definition) is 7. The Bertz CT molecular complexity index is 1620. The summed E-state index contributed by atoms with van der Waals surface area (Å²) in [5.74, 6) is -4.97. The summed E-state index contributed by atoms with van der Waals surface area (Å²) >= 11 is 0. The molecule has 1 saturated carbocycles. The van der Waals surface area contributed by atoms with E-state index in [1.54, 1.807) is 17.6 Å². The number of nitriles is 1. The van der Waals surface area contributed by atoms with Gasteiger partial charge in [-0.15, -0.1) is 0 Å². The fourth-order valence-electron chi connectivity index (χ4n) is 7.08. The molecule has 1 unspecified atom stereocenters. The van der Waals surface area contributed by atoms with Gasteiger partial charge < -0.3 is 10.4 Å². The lowest BCUT2D eigenvalue weighted by atomic mass is 9.84. The van der Waals surface area contributed by atoms with Crippen LogP contribution >= 0.6 is 0 Å². The number of benzene rings is 1. The highest BCUT2D eigenvalue weighted by molar-refractivity contribution is 5.87. The lowest BCUT2D eigenvalue weighted by Crippen LogP contribution is -2.46. The van der Waals surface area contributed by atoms with Gasteiger partial charge in [0.05, 0.1) is 35.1 Å². The maximum Gasteiger partial charge on any atom is 0.278 e. The summed E-state index contributed by atoms with van der Waals surface area (Å²) in [6.07, 6.45) is 7.04. The van der Waals surface area contributed by atoms with Crippen LogP contribution in [0, 0.1) is 23.1 Å². The van der Waals surface area contributed by atoms with Gasteiger partial charge in [0.15, 0.2) is 0 Å². The van der Waals surface area contributed by atoms with Crippen LogP contribution in [0.1, 0.15) is 87.4 Å². The summed E-state index contributed by atoms with van der Waals surface area (Å²) in [4.78, 5) is 24.7. The third-order valence-electron chi connectivity index (χ3n) is 10.0. The van der Waals surface area contributed by atoms with E-state index in [9.17, 15) is 15.2 Å². The van der Waals surface area contributed by atoms with E-state index in [4.69, 9.17) is 0 Å². The van der Waals surface area contributed by atoms with Crippen LogP contribution in [0.25, 0.3) is 11.0 Å². The van der Waals surface area contributed by atoms with Crippen LogP contribution in [-0.4, -0.2) is 50.3 Å². The number of aliphatic hydroxyl groups excluding tert-OH is 1. The van der Waals surface area contributed by atoms with E-state index in [1.807, 2.05) is 0 Å². The molecule has 8 bridgehead atoms. The molecule has 1 aliphatic carbocycles. The minimum absolute atomic E-state index is 0.0422. The number of pyridine rings is 1. The first-order valence-corrected chi connectivity index (χ1v) is 15.8. The molecule has 0 spiro atoms. The minimum atomic E-state index is -3.36. The van der Waals surface area contributed by atoms with E-state index in [-0.39, 0.29) is 36.6 Å². The molecule has 2 atom stereocenters. The van der Waals surface area contributed by atoms with Crippen molar-refractivity contribution < 1.29 is 18.3 Å². The standard InChI is InChI=1S/C33H39F3N6O2/c1-21-24-8-6-9-26(28(24)34)33(35,36)22-10-15-41(16-11-22)23(18-43)7-4-2-3-5-14-42-30-25(29(40-21)38-20-39-30)17-27(31(42)44)32(19-37)12-13-32/h6,8-9,17,20-23,43H,2-5,7,10-16,18H2,1H3,(H,38,39,40)/t21-,23?/m1/s1. The van der Waals surface area contributed by atoms with Crippen molar-refractivity contribution in [1.82, 2.24) is 19.4 Å². The van der Waals surface area contributed by atoms with Crippen LogP contribution in [0.4, 0.5) is 19.0 Å². The van der Waals surface area contributed by atoms with E-state index >= 15 is 13.2 Å². The Balaban J connectivity index is 1.43. The zero-order valence-electron chi connectivity index (χ0n) is 25.0. The predicted octanol–water partition coefficient (Wildman–Crippen LogP) is 5.79. The minimum Gasteiger partial charge on any atom is -0.395 e. The zero-order valence-corrected chi connectivity index (χ0v) is 25.0. The van der Waals surface area contributed by atoms with Crippen LogP contribution < -0.4 is 10.9 Å². The summed E-state index contributed by atoms with van der Waals surface area (Å²) in [6, 6.07) is 7.29. The van der Waals surface area contributed by atoms with Gasteiger partial charge in [-0.25, -0.2) is 23.1 Å². The second-order valence-corrected chi connectivity index (χ2v) is 12.7. The van der Waals surface area contributed by atoms with Crippen LogP contribution in [0.15, 0.2) is 35.4 Å². The number of aromatic nitrogens is 3. The van der Waals surface area contributed by atoms with E-state index in [0.717, 1.165) is 32.1 Å². The topological polar surface area (TPSA) is 107 Å². The number of aryl methyl sites for hydroxylation is 1. The molecular weight excluding hydrogens is 569 g/mol. The van der Waals surface area contributed by atoms with Crippen molar-refractivity contribution in [3.8, 4) is 6.07 Å². The molecule has 1 aromatic carbocycles. The fourth-order valence-corrected chi connectivity index (χ4v) is 7.08. The van der Waals surface area contributed by atoms with Crippen molar-refractivity contribution >= 4 is 16.9 Å². The number of nitrogens with one attached hydrogen (secondary N) is 1. The third-order valence-corrected chi connectivity index (χ3v) is 10.0. The van der Waals surface area contributed by atoms with Crippen molar-refractivity contribution in [1.29, 1.82) is 5.26 Å². The Morgan fingerprint density at radius 2 is 1.82 bits per heavy atom. The lowest BCUT2D eigenvalue weighted by molar-refractivity contribution is -0.0926. The molecule has 2 fully saturated rings. The quantitative estimate of drug-likeness (QED) is 0.380. The molecule has 0 radical (unpaired) electrons. The SMILES string of the molecule is C[C@H]1Nc2ncnc3c2cc(C2(C#N)CC2)c(=O)n3CCCCCCC(CO)N2CCC(CC2)C(F)(F)c2cccc1c2F. The average Bonchev–Trinajstić information content (AvgIpc) is 3.82. The molecule has 234 valence electrons. The van der Waals surface area contributed by atoms with Crippen molar-refractivity contribution in [3.63, 3.8) is 0 Å². The van der Waals surface area contributed by atoms with Gasteiger partial charge in [-0.05, 0) is 64.6 Å². The van der Waals surface area contributed by atoms with E-state index in [2.05, 4.69) is 26.3 Å². The van der Waals surface area contributed by atoms with Crippen molar-refractivity contribution in [2.45, 2.75) is 94.7 Å². The van der Waals surface area contributed by atoms with E-state index < -0.39 is 34.7 Å². The summed E-state index contributed by atoms with van der Waals surface area (Å²) < 4.78 is 49.4. The van der Waals surface area contributed by atoms with Crippen molar-refractivity contribution in [3.05, 3.63) is 63.5 Å². The first kappa shape index (κ1) is 30.5. The maximum atomic E-state index is 16.0. The Kier molecular flexibility index (Phi) is 8.42. The van der Waals surface area contributed by atoms with Crippen molar-refractivity contribution in [2.75, 3.05) is 25.0 Å². The molecule has 0 amide bonds. The summed E-state index contributed by atoms with van der Waals surface area (Å²) in [7, 11) is 0. The van der Waals surface area contributed by atoms with Gasteiger partial charge in [0.1, 0.15) is 23.6 Å². The number of piperidine rings is 1. The Hall–Kier alpha value is -3.49. The molecule has 3 aliphatic heterocycles. The highest BCUT2D eigenvalue weighted by Gasteiger charge is 2.48. The summed E-state index contributed by atoms with van der Waals surface area (Å²) in [5.41, 5.74) is -0.801. The second kappa shape index (κ2) is 12.1. The number of halogens is 3. The molecule has 3 aromatic rings. The van der Waals surface area contributed by atoms with Gasteiger partial charge in [-0.1, -0.05) is 37.5 Å². The largest absolute Gasteiger partial charge is 0.395 e. The maximum absolute atomic E-state index is 16.0. The highest BCUT2D eigenvalue weighted by atomic mass is 19.3. The van der Waals surface area contributed by atoms with E-state index in [0.29, 0.717) is 54.9 Å². The molecule has 5 heterocycles. The molecule has 7 rings (SSSR count). The normalized spacial score (nSPS) is 26.8. The van der Waals surface area contributed by atoms with Crippen molar-refractivity contribution in [2.24, 2.45) is 5.92 Å². The molecule has 2 N–H and O–H groups in total. The van der Waals surface area contributed by atoms with Crippen LogP contribution in [-0.2, 0) is 17.9 Å². The fraction of sp³-hybridized carbons (Fsp3) is 0.576. The smallest absolute Gasteiger partial charge is 0.278 e. The molecule has 8 nitrogen and oxygen atoms in total. The molecule has 1 saturated heterocycles. The number of hydrogen-bond donors (Lipinski definition) is 2. The van der Waals surface area contributed by atoms with E-state index in [1.165, 1.54) is 24.5 Å². The van der Waals surface area contributed by atoms with Crippen LogP contribution in [0.3, 0.4) is 0 Å². The number of alkyl halides is 2. The number of rotatable bonds is 2. The lowest BCUT2D eigenvalue weighted by Gasteiger charge is -2.39. The summed E-state index contributed by atoms with van der Waals surface area (Å²) in [6.45, 7) is 2.92. The zero-order chi connectivity index (χ0) is 31.1. The van der Waals surface area contributed by atoms with Gasteiger partial charge in [-0.2, -0.15) is 5.26 Å². The van der Waals surface area contributed by atoms with Gasteiger partial charge in [0, 0.05) is 29.6 Å². The first-order valence-electron chi connectivity index (χ1n) is 15.8. The van der Waals surface area contributed by atoms with Gasteiger partial charge in [0.25, 0.3) is 11.5 Å². The number of nitrogens with zero attached hydrogens (tertiary/aromatic N) is 5. The molecule has 4 aliphatic rings. The molecule has 11 heteroatoms. The van der Waals surface area contributed by atoms with Gasteiger partial charge in [0.2, 0.25) is 0 Å². The molecular formula is C33H39F3N6O2. The van der Waals surface area contributed by atoms with Crippen LogP contribution in [0.5, 0.6) is 0 Å². The Labute approximate surface area is 254 Å².